The highest BCUT2D eigenvalue weighted by molar-refractivity contribution is 6.43. The van der Waals surface area contributed by atoms with Crippen LogP contribution in [-0.2, 0) is 22.6 Å². The van der Waals surface area contributed by atoms with E-state index in [2.05, 4.69) is 22.0 Å². The number of hydrogen-bond donors (Lipinski definition) is 1. The van der Waals surface area contributed by atoms with Crippen molar-refractivity contribution in [1.82, 2.24) is 19.8 Å². The molecule has 0 radical (unpaired) electrons. The number of nitriles is 1. The first-order valence-electron chi connectivity index (χ1n) is 18.6. The summed E-state index contributed by atoms with van der Waals surface area (Å²) in [5.74, 6) is -1.51. The number of halogens is 5. The Kier molecular flexibility index (Phi) is 8.73. The number of aryl methyl sites for hydroxylation is 2. The first-order valence-corrected chi connectivity index (χ1v) is 19.3. The Morgan fingerprint density at radius 1 is 1.09 bits per heavy atom. The summed E-state index contributed by atoms with van der Waals surface area (Å²) in [6, 6.07) is 14.9. The number of fused-ring (bicyclic) bond motifs is 4. The number of carbonyl (C=O) groups is 1. The van der Waals surface area contributed by atoms with Crippen molar-refractivity contribution in [3.63, 3.8) is 0 Å². The molecule has 3 saturated heterocycles. The van der Waals surface area contributed by atoms with Gasteiger partial charge in [0.1, 0.15) is 17.2 Å². The van der Waals surface area contributed by atoms with Gasteiger partial charge in [-0.1, -0.05) is 48.3 Å². The molecule has 2 saturated carbocycles. The zero-order chi connectivity index (χ0) is 37.6. The standard InChI is InChI=1S/C42H38Cl2F3N5O2/c1-21-26-17-34(33-16-24(19-51(33)41(53)42(2)11-12-42)54-20-28-30(45)9-4-10-31(28)46)52(39-23-15-32(39)49-18-23)40(26)27-14-22(6-5-13-48)35(37(47)38(27)50-21)25-7-3-8-29(43)36(25)44/h3-4,7-10,14,17,23-24,32-33,39,49H,5-6,11-12,15-16,18-20H2,1-2H3/t23-,24+,32-,33-,39+/m1/s1. The molecule has 3 aromatic carbocycles. The summed E-state index contributed by atoms with van der Waals surface area (Å²) in [4.78, 5) is 21.1. The number of ether oxygens (including phenoxy) is 1. The van der Waals surface area contributed by atoms with E-state index < -0.39 is 35.0 Å². The molecular formula is C42H38Cl2F3N5O2. The van der Waals surface area contributed by atoms with Crippen LogP contribution in [0.1, 0.15) is 73.6 Å². The summed E-state index contributed by atoms with van der Waals surface area (Å²) in [6.07, 6.45) is 2.99. The number of carbonyl (C=O) groups excluding carboxylic acids is 1. The minimum absolute atomic E-state index is 0.0368. The molecule has 1 N–H and O–H groups in total. The Labute approximate surface area is 321 Å². The maximum Gasteiger partial charge on any atom is 0.229 e. The van der Waals surface area contributed by atoms with E-state index in [0.717, 1.165) is 42.4 Å². The number of nitrogens with one attached hydrogen (secondary N) is 1. The predicted octanol–water partition coefficient (Wildman–Crippen LogP) is 9.54. The van der Waals surface area contributed by atoms with E-state index in [1.165, 1.54) is 18.2 Å². The van der Waals surface area contributed by atoms with E-state index >= 15 is 4.39 Å². The van der Waals surface area contributed by atoms with Crippen LogP contribution in [-0.4, -0.2) is 45.6 Å². The van der Waals surface area contributed by atoms with Gasteiger partial charge in [0.25, 0.3) is 0 Å². The van der Waals surface area contributed by atoms with Crippen molar-refractivity contribution in [2.45, 2.75) is 83.2 Å². The summed E-state index contributed by atoms with van der Waals surface area (Å²) in [5.41, 5.74) is 3.29. The van der Waals surface area contributed by atoms with Gasteiger partial charge in [-0.15, -0.1) is 0 Å². The van der Waals surface area contributed by atoms with E-state index in [1.54, 1.807) is 18.2 Å². The minimum Gasteiger partial charge on any atom is -0.371 e. The molecule has 12 heteroatoms. The lowest BCUT2D eigenvalue weighted by Gasteiger charge is -2.39. The van der Waals surface area contributed by atoms with Crippen LogP contribution in [0.3, 0.4) is 0 Å². The predicted molar refractivity (Wildman–Crippen MR) is 202 cm³/mol. The quantitative estimate of drug-likeness (QED) is 0.162. The van der Waals surface area contributed by atoms with Gasteiger partial charge in [0, 0.05) is 76.2 Å². The molecule has 2 aromatic heterocycles. The average molecular weight is 773 g/mol. The van der Waals surface area contributed by atoms with Crippen LogP contribution in [0.2, 0.25) is 10.0 Å². The van der Waals surface area contributed by atoms with Gasteiger partial charge < -0.3 is 19.5 Å². The molecule has 5 aliphatic rings. The summed E-state index contributed by atoms with van der Waals surface area (Å²) in [7, 11) is 0. The maximum absolute atomic E-state index is 17.2. The average Bonchev–Trinajstić information content (AvgIpc) is 3.59. The summed E-state index contributed by atoms with van der Waals surface area (Å²) in [6.45, 7) is 4.72. The molecule has 7 nitrogen and oxygen atoms in total. The smallest absolute Gasteiger partial charge is 0.229 e. The van der Waals surface area contributed by atoms with Crippen molar-refractivity contribution in [3.8, 4) is 17.2 Å². The number of hydrogen-bond acceptors (Lipinski definition) is 5. The number of pyridine rings is 1. The molecule has 5 atom stereocenters. The number of amides is 1. The third-order valence-electron chi connectivity index (χ3n) is 12.3. The van der Waals surface area contributed by atoms with Crippen molar-refractivity contribution in [2.24, 2.45) is 11.3 Å². The molecule has 0 spiro atoms. The minimum atomic E-state index is -0.673. The van der Waals surface area contributed by atoms with Gasteiger partial charge in [0.05, 0.1) is 46.4 Å². The van der Waals surface area contributed by atoms with Gasteiger partial charge >= 0.3 is 0 Å². The monoisotopic (exact) mass is 771 g/mol. The van der Waals surface area contributed by atoms with Crippen LogP contribution in [0.5, 0.6) is 0 Å². The normalized spacial score (nSPS) is 24.0. The Morgan fingerprint density at radius 2 is 1.85 bits per heavy atom. The topological polar surface area (TPSA) is 83.2 Å². The van der Waals surface area contributed by atoms with Gasteiger partial charge in [0.2, 0.25) is 5.91 Å². The van der Waals surface area contributed by atoms with E-state index in [0.29, 0.717) is 39.6 Å². The largest absolute Gasteiger partial charge is 0.371 e. The van der Waals surface area contributed by atoms with E-state index in [-0.39, 0.29) is 65.7 Å². The zero-order valence-corrected chi connectivity index (χ0v) is 31.4. The van der Waals surface area contributed by atoms with Gasteiger partial charge in [0.15, 0.2) is 5.82 Å². The van der Waals surface area contributed by atoms with Gasteiger partial charge in [-0.2, -0.15) is 5.26 Å². The Hall–Kier alpha value is -4.14. The molecule has 2 bridgehead atoms. The molecule has 54 heavy (non-hydrogen) atoms. The SMILES string of the molecule is Cc1nc2c(F)c(-c3cccc(Cl)c3Cl)c(CCC#N)cc2c2c1cc([C@H]1C[C@H](OCc3c(F)cccc3F)CN1C(=O)C1(C)CC1)n2[C@H]1[C@H]2CN[C@@H]1C2. The summed E-state index contributed by atoms with van der Waals surface area (Å²) in [5, 5.41) is 15.2. The highest BCUT2D eigenvalue weighted by Crippen LogP contribution is 2.53. The fourth-order valence-corrected chi connectivity index (χ4v) is 9.54. The fourth-order valence-electron chi connectivity index (χ4n) is 9.14. The van der Waals surface area contributed by atoms with E-state index in [1.807, 2.05) is 24.8 Å². The van der Waals surface area contributed by atoms with Crippen LogP contribution in [0.15, 0.2) is 48.5 Å². The second-order valence-corrected chi connectivity index (χ2v) is 16.5. The Morgan fingerprint density at radius 3 is 2.54 bits per heavy atom. The summed E-state index contributed by atoms with van der Waals surface area (Å²) >= 11 is 13.1. The molecule has 5 fully saturated rings. The third kappa shape index (κ3) is 5.61. The lowest BCUT2D eigenvalue weighted by Crippen LogP contribution is -2.41. The summed E-state index contributed by atoms with van der Waals surface area (Å²) < 4.78 is 55.0. The van der Waals surface area contributed by atoms with Crippen LogP contribution in [0.25, 0.3) is 32.9 Å². The number of likely N-dealkylation sites (tertiary alicyclic amines) is 1. The highest BCUT2D eigenvalue weighted by atomic mass is 35.5. The highest BCUT2D eigenvalue weighted by Gasteiger charge is 2.53. The molecule has 5 heterocycles. The first kappa shape index (κ1) is 35.6. The molecule has 10 rings (SSSR count). The van der Waals surface area contributed by atoms with E-state index in [4.69, 9.17) is 32.9 Å². The van der Waals surface area contributed by atoms with Gasteiger partial charge in [-0.25, -0.2) is 18.2 Å². The molecule has 3 aliphatic heterocycles. The van der Waals surface area contributed by atoms with Gasteiger partial charge in [-0.05, 0) is 74.4 Å². The third-order valence-corrected chi connectivity index (χ3v) is 13.2. The number of benzene rings is 3. The first-order chi connectivity index (χ1) is 26.0. The number of aromatic nitrogens is 2. The number of nitrogens with zero attached hydrogens (tertiary/aromatic N) is 4. The van der Waals surface area contributed by atoms with Crippen molar-refractivity contribution < 1.29 is 22.7 Å². The van der Waals surface area contributed by atoms with Crippen molar-refractivity contribution >= 4 is 50.9 Å². The molecular weight excluding hydrogens is 734 g/mol. The Balaban J connectivity index is 1.23. The molecule has 0 unspecified atom stereocenters. The molecule has 2 aliphatic carbocycles. The van der Waals surface area contributed by atoms with Crippen molar-refractivity contribution in [1.29, 1.82) is 5.26 Å². The van der Waals surface area contributed by atoms with Gasteiger partial charge in [-0.3, -0.25) is 4.79 Å². The fraction of sp³-hybridized carbons (Fsp3) is 0.405. The van der Waals surface area contributed by atoms with Crippen LogP contribution in [0.4, 0.5) is 13.2 Å². The van der Waals surface area contributed by atoms with Crippen LogP contribution in [0, 0.1) is 47.0 Å². The molecule has 5 aromatic rings. The van der Waals surface area contributed by atoms with Crippen LogP contribution >= 0.6 is 23.2 Å². The van der Waals surface area contributed by atoms with Crippen LogP contribution < -0.4 is 5.32 Å². The molecule has 278 valence electrons. The second kappa shape index (κ2) is 13.3. The second-order valence-electron chi connectivity index (χ2n) is 15.7. The number of rotatable bonds is 9. The zero-order valence-electron chi connectivity index (χ0n) is 29.9. The Bertz CT molecular complexity index is 2390. The lowest BCUT2D eigenvalue weighted by molar-refractivity contribution is -0.138. The molecule has 1 amide bonds. The lowest BCUT2D eigenvalue weighted by atomic mass is 9.79. The van der Waals surface area contributed by atoms with Crippen molar-refractivity contribution in [2.75, 3.05) is 13.1 Å². The maximum atomic E-state index is 17.2. The van der Waals surface area contributed by atoms with E-state index in [9.17, 15) is 18.8 Å². The van der Waals surface area contributed by atoms with Crippen molar-refractivity contribution in [3.05, 3.63) is 98.5 Å².